The molecule has 0 atom stereocenters. The molecule has 5 nitrogen and oxygen atoms in total. The molecule has 2 aromatic carbocycles. The quantitative estimate of drug-likeness (QED) is 0.694. The fourth-order valence-electron chi connectivity index (χ4n) is 2.13. The van der Waals surface area contributed by atoms with Gasteiger partial charge >= 0.3 is 0 Å². The smallest absolute Gasteiger partial charge is 0.251 e. The van der Waals surface area contributed by atoms with Crippen molar-refractivity contribution in [3.05, 3.63) is 63.1 Å². The van der Waals surface area contributed by atoms with Crippen LogP contribution >= 0.6 is 34.5 Å². The molecular weight excluding hydrogens is 381 g/mol. The highest BCUT2D eigenvalue weighted by atomic mass is 35.5. The average molecular weight is 394 g/mol. The van der Waals surface area contributed by atoms with Gasteiger partial charge in [-0.25, -0.2) is 4.98 Å². The fraction of sp³-hybridized carbons (Fsp3) is 0.118. The Bertz CT molecular complexity index is 910. The van der Waals surface area contributed by atoms with Gasteiger partial charge in [-0.1, -0.05) is 35.3 Å². The van der Waals surface area contributed by atoms with Gasteiger partial charge in [-0.2, -0.15) is 0 Å². The zero-order valence-electron chi connectivity index (χ0n) is 12.9. The van der Waals surface area contributed by atoms with E-state index in [0.29, 0.717) is 17.1 Å². The number of thiazole rings is 1. The van der Waals surface area contributed by atoms with Crippen LogP contribution in [0, 0.1) is 0 Å². The first-order chi connectivity index (χ1) is 12.0. The summed E-state index contributed by atoms with van der Waals surface area (Å²) in [6.45, 7) is 0.185. The van der Waals surface area contributed by atoms with Crippen LogP contribution < -0.4 is 10.6 Å². The van der Waals surface area contributed by atoms with Gasteiger partial charge in [0.25, 0.3) is 5.91 Å². The van der Waals surface area contributed by atoms with E-state index < -0.39 is 5.91 Å². The third kappa shape index (κ3) is 4.48. The molecule has 25 heavy (non-hydrogen) atoms. The van der Waals surface area contributed by atoms with Gasteiger partial charge in [-0.3, -0.25) is 9.59 Å². The second-order valence-electron chi connectivity index (χ2n) is 5.16. The molecule has 3 rings (SSSR count). The number of carbonyl (C=O) groups is 2. The first-order valence-electron chi connectivity index (χ1n) is 7.37. The van der Waals surface area contributed by atoms with Crippen molar-refractivity contribution < 1.29 is 9.59 Å². The van der Waals surface area contributed by atoms with E-state index in [1.165, 1.54) is 23.5 Å². The summed E-state index contributed by atoms with van der Waals surface area (Å²) < 4.78 is 1.07. The Morgan fingerprint density at radius 3 is 2.60 bits per heavy atom. The van der Waals surface area contributed by atoms with E-state index in [1.807, 2.05) is 24.3 Å². The van der Waals surface area contributed by atoms with Crippen molar-refractivity contribution in [2.45, 2.75) is 6.54 Å². The summed E-state index contributed by atoms with van der Waals surface area (Å²) in [5.74, 6) is -0.693. The molecule has 3 aromatic rings. The molecule has 0 saturated heterocycles. The van der Waals surface area contributed by atoms with Crippen molar-refractivity contribution in [2.75, 3.05) is 6.54 Å². The van der Waals surface area contributed by atoms with E-state index in [0.717, 1.165) is 15.2 Å². The highest BCUT2D eigenvalue weighted by molar-refractivity contribution is 7.18. The maximum Gasteiger partial charge on any atom is 0.251 e. The number of rotatable bonds is 5. The van der Waals surface area contributed by atoms with Crippen LogP contribution in [0.2, 0.25) is 10.0 Å². The van der Waals surface area contributed by atoms with Crippen LogP contribution in [0.3, 0.4) is 0 Å². The van der Waals surface area contributed by atoms with Crippen molar-refractivity contribution in [3.8, 4) is 0 Å². The topological polar surface area (TPSA) is 71.1 Å². The normalized spacial score (nSPS) is 10.6. The number of benzene rings is 2. The van der Waals surface area contributed by atoms with Crippen molar-refractivity contribution in [1.29, 1.82) is 0 Å². The van der Waals surface area contributed by atoms with Crippen molar-refractivity contribution in [2.24, 2.45) is 0 Å². The van der Waals surface area contributed by atoms with Gasteiger partial charge in [0.2, 0.25) is 5.91 Å². The minimum atomic E-state index is -0.395. The van der Waals surface area contributed by atoms with Crippen LogP contribution in [0.5, 0.6) is 0 Å². The molecule has 0 aliphatic carbocycles. The average Bonchev–Trinajstić information content (AvgIpc) is 3.03. The van der Waals surface area contributed by atoms with Crippen LogP contribution in [0.25, 0.3) is 10.2 Å². The van der Waals surface area contributed by atoms with Crippen molar-refractivity contribution in [1.82, 2.24) is 15.6 Å². The number of amides is 2. The number of halogens is 2. The van der Waals surface area contributed by atoms with Crippen LogP contribution in [-0.4, -0.2) is 23.3 Å². The van der Waals surface area contributed by atoms with Crippen LogP contribution in [-0.2, 0) is 11.3 Å². The third-order valence-electron chi connectivity index (χ3n) is 3.37. The van der Waals surface area contributed by atoms with Gasteiger partial charge in [-0.15, -0.1) is 11.3 Å². The maximum absolute atomic E-state index is 12.0. The highest BCUT2D eigenvalue weighted by Gasteiger charge is 2.10. The van der Waals surface area contributed by atoms with E-state index in [1.54, 1.807) is 6.07 Å². The summed E-state index contributed by atoms with van der Waals surface area (Å²) in [6.07, 6.45) is 0. The van der Waals surface area contributed by atoms with E-state index >= 15 is 0 Å². The molecule has 0 saturated carbocycles. The molecule has 0 aliphatic rings. The first kappa shape index (κ1) is 17.7. The number of hydrogen-bond acceptors (Lipinski definition) is 4. The predicted octanol–water partition coefficient (Wildman–Crippen LogP) is 3.65. The van der Waals surface area contributed by atoms with Crippen LogP contribution in [0.4, 0.5) is 0 Å². The van der Waals surface area contributed by atoms with Gasteiger partial charge in [0, 0.05) is 5.56 Å². The summed E-state index contributed by atoms with van der Waals surface area (Å²) in [7, 11) is 0. The molecule has 1 heterocycles. The molecule has 2 N–H and O–H groups in total. The van der Waals surface area contributed by atoms with Gasteiger partial charge in [0.05, 0.1) is 33.4 Å². The highest BCUT2D eigenvalue weighted by Crippen LogP contribution is 2.22. The molecule has 0 fully saturated rings. The Hall–Kier alpha value is -2.15. The van der Waals surface area contributed by atoms with Gasteiger partial charge < -0.3 is 10.6 Å². The number of hydrogen-bond donors (Lipinski definition) is 2. The number of carbonyl (C=O) groups excluding carboxylic acids is 2. The zero-order valence-corrected chi connectivity index (χ0v) is 15.2. The van der Waals surface area contributed by atoms with Gasteiger partial charge in [0.1, 0.15) is 5.01 Å². The number of aromatic nitrogens is 1. The van der Waals surface area contributed by atoms with E-state index in [9.17, 15) is 9.59 Å². The lowest BCUT2D eigenvalue weighted by atomic mass is 10.2. The third-order valence-corrected chi connectivity index (χ3v) is 5.14. The molecule has 0 unspecified atom stereocenters. The Morgan fingerprint density at radius 1 is 1.04 bits per heavy atom. The second-order valence-corrected chi connectivity index (χ2v) is 7.09. The largest absolute Gasteiger partial charge is 0.348 e. The first-order valence-corrected chi connectivity index (χ1v) is 8.94. The molecular formula is C17H13Cl2N3O2S. The lowest BCUT2D eigenvalue weighted by molar-refractivity contribution is -0.120. The molecule has 0 aliphatic heterocycles. The summed E-state index contributed by atoms with van der Waals surface area (Å²) in [5.41, 5.74) is 1.25. The lowest BCUT2D eigenvalue weighted by Gasteiger charge is -2.06. The molecule has 0 spiro atoms. The Kier molecular flexibility index (Phi) is 5.53. The maximum atomic E-state index is 12.0. The van der Waals surface area contributed by atoms with Crippen LogP contribution in [0.1, 0.15) is 15.4 Å². The SMILES string of the molecule is O=C(CNC(=O)c1ccc(Cl)c(Cl)c1)NCc1nc2ccccc2s1. The molecule has 2 amide bonds. The number of nitrogens with zero attached hydrogens (tertiary/aromatic N) is 1. The van der Waals surface area contributed by atoms with Gasteiger partial charge in [-0.05, 0) is 30.3 Å². The standard InChI is InChI=1S/C17H13Cl2N3O2S/c18-11-6-5-10(7-12(11)19)17(24)21-8-15(23)20-9-16-22-13-3-1-2-4-14(13)25-16/h1-7H,8-9H2,(H,20,23)(H,21,24). The van der Waals surface area contributed by atoms with Crippen LogP contribution in [0.15, 0.2) is 42.5 Å². The van der Waals surface area contributed by atoms with Crippen molar-refractivity contribution in [3.63, 3.8) is 0 Å². The van der Waals surface area contributed by atoms with Gasteiger partial charge in [0.15, 0.2) is 0 Å². The minimum Gasteiger partial charge on any atom is -0.348 e. The fourth-order valence-corrected chi connectivity index (χ4v) is 3.34. The molecule has 1 aromatic heterocycles. The zero-order chi connectivity index (χ0) is 17.8. The van der Waals surface area contributed by atoms with Crippen molar-refractivity contribution >= 4 is 56.6 Å². The predicted molar refractivity (Wildman–Crippen MR) is 100 cm³/mol. The van der Waals surface area contributed by atoms with E-state index in [4.69, 9.17) is 23.2 Å². The summed E-state index contributed by atoms with van der Waals surface area (Å²) in [5, 5.41) is 6.74. The summed E-state index contributed by atoms with van der Waals surface area (Å²) >= 11 is 13.2. The Morgan fingerprint density at radius 2 is 1.84 bits per heavy atom. The molecule has 0 radical (unpaired) electrons. The molecule has 0 bridgehead atoms. The Labute approximate surface area is 158 Å². The lowest BCUT2D eigenvalue weighted by Crippen LogP contribution is -2.36. The molecule has 128 valence electrons. The summed E-state index contributed by atoms with van der Waals surface area (Å²) in [4.78, 5) is 28.3. The number of para-hydroxylation sites is 1. The Balaban J connectivity index is 1.50. The number of nitrogens with one attached hydrogen (secondary N) is 2. The van der Waals surface area contributed by atoms with E-state index in [-0.39, 0.29) is 17.5 Å². The van der Waals surface area contributed by atoms with E-state index in [2.05, 4.69) is 15.6 Å². The number of fused-ring (bicyclic) bond motifs is 1. The molecule has 8 heteroatoms. The summed E-state index contributed by atoms with van der Waals surface area (Å²) in [6, 6.07) is 12.3. The minimum absolute atomic E-state index is 0.135. The second kappa shape index (κ2) is 7.82. The monoisotopic (exact) mass is 393 g/mol.